The van der Waals surface area contributed by atoms with Gasteiger partial charge in [-0.3, -0.25) is 9.11 Å². The fraction of sp³-hybridized carbons (Fsp3) is 0.750. The minimum absolute atomic E-state index is 0.556. The number of hydrogen-bond acceptors (Lipinski definition) is 2. The minimum atomic E-state index is -0.652. The molecule has 1 atom stereocenters. The maximum absolute atomic E-state index is 10.4. The monoisotopic (exact) mass is 117 g/mol. The highest BCUT2D eigenvalue weighted by Gasteiger charge is 2.12. The molecule has 2 radical (unpaired) electrons. The molecule has 1 aliphatic heterocycles. The van der Waals surface area contributed by atoms with Crippen molar-refractivity contribution in [1.82, 2.24) is 4.90 Å². The molecule has 1 fully saturated rings. The third-order valence-electron chi connectivity index (χ3n) is 0.916. The summed E-state index contributed by atoms with van der Waals surface area (Å²) in [6, 6.07) is 0. The summed E-state index contributed by atoms with van der Waals surface area (Å²) >= 11 is 0. The SMILES string of the molecule is [CH]N1CCS(=O)C1. The van der Waals surface area contributed by atoms with E-state index < -0.39 is 10.8 Å². The van der Waals surface area contributed by atoms with Gasteiger partial charge in [0.2, 0.25) is 0 Å². The first-order valence-electron chi connectivity index (χ1n) is 2.13. The first-order valence-corrected chi connectivity index (χ1v) is 3.62. The van der Waals surface area contributed by atoms with Gasteiger partial charge in [-0.1, -0.05) is 0 Å². The van der Waals surface area contributed by atoms with Gasteiger partial charge in [0.25, 0.3) is 0 Å². The van der Waals surface area contributed by atoms with Crippen LogP contribution in [-0.2, 0) is 10.8 Å². The molecule has 3 heteroatoms. The van der Waals surface area contributed by atoms with Crippen LogP contribution in [0.3, 0.4) is 0 Å². The molecule has 40 valence electrons. The largest absolute Gasteiger partial charge is 0.285 e. The van der Waals surface area contributed by atoms with E-state index in [-0.39, 0.29) is 0 Å². The molecule has 0 aliphatic carbocycles. The Morgan fingerprint density at radius 2 is 2.43 bits per heavy atom. The van der Waals surface area contributed by atoms with E-state index in [0.29, 0.717) is 5.88 Å². The van der Waals surface area contributed by atoms with Crippen molar-refractivity contribution in [2.75, 3.05) is 18.2 Å². The molecule has 0 amide bonds. The topological polar surface area (TPSA) is 20.3 Å². The van der Waals surface area contributed by atoms with E-state index in [2.05, 4.69) is 0 Å². The van der Waals surface area contributed by atoms with Crippen molar-refractivity contribution >= 4 is 10.8 Å². The Balaban J connectivity index is 2.40. The van der Waals surface area contributed by atoms with Crippen LogP contribution in [0.5, 0.6) is 0 Å². The Kier molecular flexibility index (Phi) is 1.44. The average Bonchev–Trinajstić information content (AvgIpc) is 1.87. The predicted octanol–water partition coefficient (Wildman–Crippen LogP) is -0.323. The highest BCUT2D eigenvalue weighted by molar-refractivity contribution is 7.85. The Labute approximate surface area is 46.0 Å². The molecule has 1 saturated heterocycles. The number of hydrogen-bond donors (Lipinski definition) is 0. The molecular formula is C4H7NOS. The van der Waals surface area contributed by atoms with Gasteiger partial charge in [0.15, 0.2) is 0 Å². The normalized spacial score (nSPS) is 34.1. The van der Waals surface area contributed by atoms with Crippen molar-refractivity contribution in [3.05, 3.63) is 7.05 Å². The lowest BCUT2D eigenvalue weighted by molar-refractivity contribution is 0.482. The quantitative estimate of drug-likeness (QED) is 0.433. The summed E-state index contributed by atoms with van der Waals surface area (Å²) in [5.41, 5.74) is 0. The Bertz CT molecular complexity index is 93.7. The van der Waals surface area contributed by atoms with Gasteiger partial charge in [-0.2, -0.15) is 0 Å². The highest BCUT2D eigenvalue weighted by atomic mass is 32.2. The summed E-state index contributed by atoms with van der Waals surface area (Å²) in [6.07, 6.45) is 0. The van der Waals surface area contributed by atoms with E-state index in [1.54, 1.807) is 4.90 Å². The molecule has 0 aromatic carbocycles. The van der Waals surface area contributed by atoms with Crippen LogP contribution in [0, 0.1) is 7.05 Å². The molecule has 7 heavy (non-hydrogen) atoms. The molecule has 2 nitrogen and oxygen atoms in total. The van der Waals surface area contributed by atoms with Crippen molar-refractivity contribution in [3.63, 3.8) is 0 Å². The minimum Gasteiger partial charge on any atom is -0.285 e. The van der Waals surface area contributed by atoms with Gasteiger partial charge >= 0.3 is 0 Å². The molecule has 1 heterocycles. The highest BCUT2D eigenvalue weighted by Crippen LogP contribution is 1.98. The summed E-state index contributed by atoms with van der Waals surface area (Å²) in [5.74, 6) is 1.30. The Morgan fingerprint density at radius 3 is 2.57 bits per heavy atom. The van der Waals surface area contributed by atoms with Gasteiger partial charge in [0.05, 0.1) is 5.88 Å². The summed E-state index contributed by atoms with van der Waals surface area (Å²) in [7, 11) is 4.61. The Morgan fingerprint density at radius 1 is 1.71 bits per heavy atom. The molecule has 0 spiro atoms. The fourth-order valence-corrected chi connectivity index (χ4v) is 1.60. The fourth-order valence-electron chi connectivity index (χ4n) is 0.533. The van der Waals surface area contributed by atoms with E-state index in [1.165, 1.54) is 0 Å². The summed E-state index contributed by atoms with van der Waals surface area (Å²) in [5, 5.41) is 0. The van der Waals surface area contributed by atoms with Crippen LogP contribution < -0.4 is 0 Å². The Hall–Kier alpha value is 0.110. The van der Waals surface area contributed by atoms with Crippen molar-refractivity contribution in [2.24, 2.45) is 0 Å². The van der Waals surface area contributed by atoms with E-state index in [0.717, 1.165) is 12.3 Å². The second kappa shape index (κ2) is 1.92. The standard InChI is InChI=1S/C4H7NOS/c1-5-2-3-7(6)4-5/h1H,2-4H2. The lowest BCUT2D eigenvalue weighted by Crippen LogP contribution is -2.09. The predicted molar refractivity (Wildman–Crippen MR) is 28.9 cm³/mol. The molecule has 0 bridgehead atoms. The molecule has 1 aliphatic rings. The second-order valence-corrected chi connectivity index (χ2v) is 3.13. The first-order chi connectivity index (χ1) is 3.29. The zero-order valence-electron chi connectivity index (χ0n) is 3.96. The second-order valence-electron chi connectivity index (χ2n) is 1.59. The molecular weight excluding hydrogens is 110 g/mol. The van der Waals surface area contributed by atoms with Gasteiger partial charge in [-0.25, -0.2) is 0 Å². The van der Waals surface area contributed by atoms with Gasteiger partial charge in [-0.05, 0) is 0 Å². The van der Waals surface area contributed by atoms with Gasteiger partial charge in [0.1, 0.15) is 0 Å². The maximum Gasteiger partial charge on any atom is 0.0751 e. The van der Waals surface area contributed by atoms with Crippen LogP contribution in [0.1, 0.15) is 0 Å². The van der Waals surface area contributed by atoms with Crippen LogP contribution in [0.25, 0.3) is 0 Å². The smallest absolute Gasteiger partial charge is 0.0751 e. The van der Waals surface area contributed by atoms with Crippen molar-refractivity contribution in [3.8, 4) is 0 Å². The van der Waals surface area contributed by atoms with Crippen LogP contribution in [0.15, 0.2) is 0 Å². The van der Waals surface area contributed by atoms with Crippen molar-refractivity contribution < 1.29 is 4.21 Å². The lowest BCUT2D eigenvalue weighted by Gasteiger charge is -1.98. The van der Waals surface area contributed by atoms with Gasteiger partial charge < -0.3 is 0 Å². The summed E-state index contributed by atoms with van der Waals surface area (Å²) in [6.45, 7) is 0.784. The van der Waals surface area contributed by atoms with Crippen molar-refractivity contribution in [2.45, 2.75) is 0 Å². The average molecular weight is 117 g/mol. The first kappa shape index (κ1) is 5.25. The number of nitrogens with zero attached hydrogens (tertiary/aromatic N) is 1. The van der Waals surface area contributed by atoms with Gasteiger partial charge in [0, 0.05) is 30.1 Å². The molecule has 0 saturated carbocycles. The molecule has 0 aromatic rings. The summed E-state index contributed by atoms with van der Waals surface area (Å²) < 4.78 is 10.4. The zero-order chi connectivity index (χ0) is 5.28. The lowest BCUT2D eigenvalue weighted by atomic mass is 10.7. The van der Waals surface area contributed by atoms with Crippen LogP contribution in [0.4, 0.5) is 0 Å². The molecule has 0 N–H and O–H groups in total. The van der Waals surface area contributed by atoms with Gasteiger partial charge in [-0.15, -0.1) is 0 Å². The maximum atomic E-state index is 10.4. The van der Waals surface area contributed by atoms with E-state index in [9.17, 15) is 4.21 Å². The summed E-state index contributed by atoms with van der Waals surface area (Å²) in [4.78, 5) is 1.58. The zero-order valence-corrected chi connectivity index (χ0v) is 4.78. The van der Waals surface area contributed by atoms with Crippen LogP contribution >= 0.6 is 0 Å². The van der Waals surface area contributed by atoms with E-state index in [1.807, 2.05) is 0 Å². The molecule has 1 rings (SSSR count). The van der Waals surface area contributed by atoms with E-state index in [4.69, 9.17) is 7.05 Å². The third-order valence-corrected chi connectivity index (χ3v) is 2.17. The molecule has 0 aromatic heterocycles. The molecule has 1 unspecified atom stereocenters. The van der Waals surface area contributed by atoms with Crippen molar-refractivity contribution in [1.29, 1.82) is 0 Å². The van der Waals surface area contributed by atoms with Crippen LogP contribution in [0.2, 0.25) is 0 Å². The van der Waals surface area contributed by atoms with Crippen LogP contribution in [-0.4, -0.2) is 27.3 Å². The van der Waals surface area contributed by atoms with E-state index >= 15 is 0 Å². The number of rotatable bonds is 0. The third kappa shape index (κ3) is 1.24.